The highest BCUT2D eigenvalue weighted by Crippen LogP contribution is 2.25. The van der Waals surface area contributed by atoms with Crippen molar-refractivity contribution in [1.29, 1.82) is 0 Å². The first-order valence-corrected chi connectivity index (χ1v) is 7.01. The Balaban J connectivity index is 1.85. The van der Waals surface area contributed by atoms with Gasteiger partial charge in [0, 0.05) is 13.6 Å². The second kappa shape index (κ2) is 6.24. The lowest BCUT2D eigenvalue weighted by atomic mass is 9.93. The van der Waals surface area contributed by atoms with Crippen LogP contribution in [-0.2, 0) is 0 Å². The average Bonchev–Trinajstić information content (AvgIpc) is 2.37. The summed E-state index contributed by atoms with van der Waals surface area (Å²) in [7, 11) is 4.21. The van der Waals surface area contributed by atoms with Gasteiger partial charge in [-0.1, -0.05) is 0 Å². The molecule has 2 N–H and O–H groups in total. The zero-order valence-corrected chi connectivity index (χ0v) is 11.9. The summed E-state index contributed by atoms with van der Waals surface area (Å²) in [4.78, 5) is 4.52. The first-order chi connectivity index (χ1) is 9.06. The molecule has 19 heavy (non-hydrogen) atoms. The molecule has 0 aliphatic carbocycles. The van der Waals surface area contributed by atoms with Crippen molar-refractivity contribution in [3.05, 3.63) is 24.0 Å². The lowest BCUT2D eigenvalue weighted by Crippen LogP contribution is -2.32. The van der Waals surface area contributed by atoms with Crippen LogP contribution in [-0.4, -0.2) is 38.6 Å². The van der Waals surface area contributed by atoms with Crippen LogP contribution in [0.3, 0.4) is 0 Å². The Morgan fingerprint density at radius 2 is 2.05 bits per heavy atom. The van der Waals surface area contributed by atoms with Crippen molar-refractivity contribution in [1.82, 2.24) is 4.90 Å². The molecule has 0 atom stereocenters. The second-order valence-electron chi connectivity index (χ2n) is 5.66. The van der Waals surface area contributed by atoms with Crippen molar-refractivity contribution in [2.75, 3.05) is 44.4 Å². The summed E-state index contributed by atoms with van der Waals surface area (Å²) in [6.45, 7) is 3.38. The van der Waals surface area contributed by atoms with Gasteiger partial charge in [-0.15, -0.1) is 0 Å². The molecule has 1 fully saturated rings. The number of nitrogens with two attached hydrogens (primary N) is 1. The molecule has 4 heteroatoms. The van der Waals surface area contributed by atoms with E-state index in [-0.39, 0.29) is 5.82 Å². The number of hydrogen-bond donors (Lipinski definition) is 1. The Kier molecular flexibility index (Phi) is 4.64. The SMILES string of the molecule is CN1CCC(CCN(C)c2ccc(F)cc2N)CC1. The van der Waals surface area contributed by atoms with Gasteiger partial charge in [0.25, 0.3) is 0 Å². The number of rotatable bonds is 4. The Morgan fingerprint density at radius 1 is 1.37 bits per heavy atom. The number of hydrogen-bond acceptors (Lipinski definition) is 3. The predicted octanol–water partition coefficient (Wildman–Crippen LogP) is 2.58. The third-order valence-electron chi connectivity index (χ3n) is 4.11. The molecule has 1 aliphatic rings. The smallest absolute Gasteiger partial charge is 0.125 e. The number of piperidine rings is 1. The van der Waals surface area contributed by atoms with Crippen LogP contribution in [0.5, 0.6) is 0 Å². The Bertz CT molecular complexity index is 414. The van der Waals surface area contributed by atoms with Gasteiger partial charge < -0.3 is 15.5 Å². The predicted molar refractivity (Wildman–Crippen MR) is 78.9 cm³/mol. The van der Waals surface area contributed by atoms with E-state index in [1.54, 1.807) is 6.07 Å². The fourth-order valence-corrected chi connectivity index (χ4v) is 2.72. The number of halogens is 1. The summed E-state index contributed by atoms with van der Waals surface area (Å²) in [5.41, 5.74) is 7.31. The molecule has 0 radical (unpaired) electrons. The van der Waals surface area contributed by atoms with Crippen LogP contribution in [0, 0.1) is 11.7 Å². The summed E-state index contributed by atoms with van der Waals surface area (Å²) in [5.74, 6) is 0.533. The van der Waals surface area contributed by atoms with E-state index >= 15 is 0 Å². The molecule has 1 aliphatic heterocycles. The Morgan fingerprint density at radius 3 is 2.68 bits per heavy atom. The molecule has 0 aromatic heterocycles. The van der Waals surface area contributed by atoms with Crippen molar-refractivity contribution in [3.8, 4) is 0 Å². The molecule has 2 rings (SSSR count). The van der Waals surface area contributed by atoms with Gasteiger partial charge in [-0.2, -0.15) is 0 Å². The van der Waals surface area contributed by atoms with Crippen molar-refractivity contribution in [2.24, 2.45) is 5.92 Å². The van der Waals surface area contributed by atoms with Gasteiger partial charge in [0.05, 0.1) is 11.4 Å². The summed E-state index contributed by atoms with van der Waals surface area (Å²) >= 11 is 0. The molecule has 0 unspecified atom stereocenters. The van der Waals surface area contributed by atoms with Gasteiger partial charge in [-0.3, -0.25) is 0 Å². The van der Waals surface area contributed by atoms with E-state index in [2.05, 4.69) is 16.8 Å². The van der Waals surface area contributed by atoms with Gasteiger partial charge >= 0.3 is 0 Å². The van der Waals surface area contributed by atoms with Crippen LogP contribution < -0.4 is 10.6 Å². The first-order valence-electron chi connectivity index (χ1n) is 7.01. The van der Waals surface area contributed by atoms with Gasteiger partial charge in [0.1, 0.15) is 5.82 Å². The minimum absolute atomic E-state index is 0.273. The van der Waals surface area contributed by atoms with Gasteiger partial charge in [-0.25, -0.2) is 4.39 Å². The lowest BCUT2D eigenvalue weighted by molar-refractivity contribution is 0.213. The zero-order valence-electron chi connectivity index (χ0n) is 11.9. The lowest BCUT2D eigenvalue weighted by Gasteiger charge is -2.30. The fraction of sp³-hybridized carbons (Fsp3) is 0.600. The number of nitrogens with zero attached hydrogens (tertiary/aromatic N) is 2. The van der Waals surface area contributed by atoms with Crippen molar-refractivity contribution >= 4 is 11.4 Å². The highest BCUT2D eigenvalue weighted by molar-refractivity contribution is 5.67. The highest BCUT2D eigenvalue weighted by Gasteiger charge is 2.17. The van der Waals surface area contributed by atoms with Crippen LogP contribution in [0.4, 0.5) is 15.8 Å². The Hall–Kier alpha value is -1.29. The topological polar surface area (TPSA) is 32.5 Å². The second-order valence-corrected chi connectivity index (χ2v) is 5.66. The first kappa shape index (κ1) is 14.1. The largest absolute Gasteiger partial charge is 0.397 e. The van der Waals surface area contributed by atoms with Crippen molar-refractivity contribution in [3.63, 3.8) is 0 Å². The zero-order chi connectivity index (χ0) is 13.8. The number of benzene rings is 1. The van der Waals surface area contributed by atoms with Crippen LogP contribution in [0.15, 0.2) is 18.2 Å². The highest BCUT2D eigenvalue weighted by atomic mass is 19.1. The van der Waals surface area contributed by atoms with Crippen molar-refractivity contribution in [2.45, 2.75) is 19.3 Å². The molecule has 1 saturated heterocycles. The van der Waals surface area contributed by atoms with Gasteiger partial charge in [-0.05, 0) is 63.5 Å². The van der Waals surface area contributed by atoms with Crippen LogP contribution in [0.2, 0.25) is 0 Å². The normalized spacial score (nSPS) is 17.6. The maximum Gasteiger partial charge on any atom is 0.125 e. The maximum absolute atomic E-state index is 13.0. The molecule has 0 spiro atoms. The molecule has 1 aromatic carbocycles. The Labute approximate surface area is 115 Å². The number of likely N-dealkylation sites (tertiary alicyclic amines) is 1. The molecule has 0 saturated carbocycles. The molecular weight excluding hydrogens is 241 g/mol. The quantitative estimate of drug-likeness (QED) is 0.849. The van der Waals surface area contributed by atoms with Crippen LogP contribution >= 0.6 is 0 Å². The van der Waals surface area contributed by atoms with E-state index in [1.165, 1.54) is 44.5 Å². The van der Waals surface area contributed by atoms with E-state index in [0.717, 1.165) is 18.2 Å². The van der Waals surface area contributed by atoms with E-state index in [0.29, 0.717) is 5.69 Å². The van der Waals surface area contributed by atoms with Crippen LogP contribution in [0.1, 0.15) is 19.3 Å². The molecule has 3 nitrogen and oxygen atoms in total. The third-order valence-corrected chi connectivity index (χ3v) is 4.11. The summed E-state index contributed by atoms with van der Waals surface area (Å²) in [6.07, 6.45) is 3.74. The molecule has 0 amide bonds. The molecule has 0 bridgehead atoms. The summed E-state index contributed by atoms with van der Waals surface area (Å²) < 4.78 is 13.0. The average molecular weight is 265 g/mol. The van der Waals surface area contributed by atoms with Gasteiger partial charge in [0.2, 0.25) is 0 Å². The molecule has 106 valence electrons. The van der Waals surface area contributed by atoms with Crippen LogP contribution in [0.25, 0.3) is 0 Å². The van der Waals surface area contributed by atoms with E-state index in [4.69, 9.17) is 5.73 Å². The summed E-state index contributed by atoms with van der Waals surface area (Å²) in [6, 6.07) is 4.62. The fourth-order valence-electron chi connectivity index (χ4n) is 2.72. The maximum atomic E-state index is 13.0. The monoisotopic (exact) mass is 265 g/mol. The number of nitrogen functional groups attached to an aromatic ring is 1. The standard InChI is InChI=1S/C15H24FN3/c1-18-8-5-12(6-9-18)7-10-19(2)15-4-3-13(16)11-14(15)17/h3-4,11-12H,5-10,17H2,1-2H3. The van der Waals surface area contributed by atoms with E-state index < -0.39 is 0 Å². The van der Waals surface area contributed by atoms with E-state index in [1.807, 2.05) is 7.05 Å². The molecular formula is C15H24FN3. The molecule has 1 aromatic rings. The minimum Gasteiger partial charge on any atom is -0.397 e. The number of anilines is 2. The van der Waals surface area contributed by atoms with Crippen molar-refractivity contribution < 1.29 is 4.39 Å². The van der Waals surface area contributed by atoms with E-state index in [9.17, 15) is 4.39 Å². The summed E-state index contributed by atoms with van der Waals surface area (Å²) in [5, 5.41) is 0. The molecule has 1 heterocycles. The third kappa shape index (κ3) is 3.83. The van der Waals surface area contributed by atoms with Gasteiger partial charge in [0.15, 0.2) is 0 Å². The minimum atomic E-state index is -0.273.